The van der Waals surface area contributed by atoms with Gasteiger partial charge in [-0.1, -0.05) is 432 Å². The third-order valence-corrected chi connectivity index (χ3v) is 22.0. The van der Waals surface area contributed by atoms with E-state index in [9.17, 15) is 0 Å². The second kappa shape index (κ2) is 35.4. The Morgan fingerprint density at radius 2 is 0.492 bits per heavy atom. The van der Waals surface area contributed by atoms with Crippen molar-refractivity contribution >= 4 is 87.8 Å². The molecular weight excluding hydrogens is 1510 g/mol. The Bertz CT molecular complexity index is 8330. The van der Waals surface area contributed by atoms with Gasteiger partial charge in [0.2, 0.25) is 0 Å². The Hall–Kier alpha value is -12.5. The van der Waals surface area contributed by atoms with Crippen molar-refractivity contribution in [3.8, 4) is 77.9 Å². The first-order chi connectivity index (χ1) is 66.7. The molecule has 0 aliphatic carbocycles. The topological polar surface area (TPSA) is 52.6 Å². The zero-order valence-electron chi connectivity index (χ0n) is 94.9. The van der Waals surface area contributed by atoms with Crippen LogP contribution in [0.5, 0.6) is 0 Å². The maximum atomic E-state index is 8.79. The maximum absolute atomic E-state index is 8.79. The Morgan fingerprint density at radius 3 is 0.823 bits per heavy atom. The molecule has 0 unspecified atom stereocenters. The second-order valence-electron chi connectivity index (χ2n) is 37.1. The average molecular weight is 1660 g/mol. The molecule has 0 saturated carbocycles. The minimum absolute atomic E-state index is 0. The summed E-state index contributed by atoms with van der Waals surface area (Å²) < 4.78 is 217. The molecule has 4 nitrogen and oxygen atoms in total. The quantitative estimate of drug-likeness (QED) is 0.160. The molecule has 0 bridgehead atoms. The lowest BCUT2D eigenvalue weighted by atomic mass is 9.75. The molecule has 4 heteroatoms. The summed E-state index contributed by atoms with van der Waals surface area (Å²) in [4.78, 5) is 0. The highest BCUT2D eigenvalue weighted by molar-refractivity contribution is 6.19. The summed E-state index contributed by atoms with van der Waals surface area (Å²) in [6.07, 6.45) is 0. The predicted octanol–water partition coefficient (Wildman–Crippen LogP) is 37.0. The number of benzene rings is 15. The van der Waals surface area contributed by atoms with Crippen LogP contribution in [0.2, 0.25) is 0 Å². The molecule has 19 rings (SSSR count). The molecule has 4 heterocycles. The van der Waals surface area contributed by atoms with E-state index in [4.69, 9.17) is 49.2 Å². The lowest BCUT2D eigenvalue weighted by molar-refractivity contribution is 0.568. The molecule has 632 valence electrons. The molecule has 0 aliphatic heterocycles. The molecular formula is C120H128O4. The maximum Gasteiger partial charge on any atom is 0.136 e. The van der Waals surface area contributed by atoms with Crippen LogP contribution in [0.4, 0.5) is 0 Å². The van der Waals surface area contributed by atoms with Crippen molar-refractivity contribution in [1.29, 1.82) is 0 Å². The first-order valence-corrected chi connectivity index (χ1v) is 40.7. The van der Waals surface area contributed by atoms with E-state index in [2.05, 4.69) is 152 Å². The summed E-state index contributed by atoms with van der Waals surface area (Å²) in [5.74, 6) is 0. The first-order valence-electron chi connectivity index (χ1n) is 52.2. The Kier molecular flexibility index (Phi) is 18.4. The minimum atomic E-state index is -0.562. The predicted molar refractivity (Wildman–Crippen MR) is 542 cm³/mol. The molecule has 0 fully saturated rings. The van der Waals surface area contributed by atoms with Gasteiger partial charge < -0.3 is 17.7 Å². The van der Waals surface area contributed by atoms with Crippen LogP contribution in [-0.2, 0) is 32.5 Å². The van der Waals surface area contributed by atoms with E-state index in [1.165, 1.54) is 11.1 Å². The fraction of sp³-hybridized carbons (Fsp3) is 0.250. The van der Waals surface area contributed by atoms with Crippen LogP contribution < -0.4 is 0 Å². The minimum Gasteiger partial charge on any atom is -0.456 e. The van der Waals surface area contributed by atoms with Crippen molar-refractivity contribution in [3.63, 3.8) is 0 Å². The van der Waals surface area contributed by atoms with Crippen molar-refractivity contribution in [2.75, 3.05) is 0 Å². The van der Waals surface area contributed by atoms with E-state index in [-0.39, 0.29) is 188 Å². The van der Waals surface area contributed by atoms with Gasteiger partial charge in [-0.3, -0.25) is 0 Å². The lowest BCUT2D eigenvalue weighted by Crippen LogP contribution is -2.17. The highest BCUT2D eigenvalue weighted by Crippen LogP contribution is 2.51. The van der Waals surface area contributed by atoms with Crippen LogP contribution in [-0.4, -0.2) is 0 Å². The molecule has 124 heavy (non-hydrogen) atoms. The summed E-state index contributed by atoms with van der Waals surface area (Å²) in [7, 11) is 0. The molecule has 0 N–H and O–H groups in total. The van der Waals surface area contributed by atoms with E-state index in [0.717, 1.165) is 82.4 Å². The van der Waals surface area contributed by atoms with E-state index < -0.39 is 35.6 Å². The average Bonchev–Trinajstić information content (AvgIpc) is 1.70. The normalized spacial score (nSPS) is 14.5. The number of fused-ring (bicyclic) bond motifs is 12. The van der Waals surface area contributed by atoms with Gasteiger partial charge in [0.1, 0.15) is 44.7 Å². The molecule has 0 spiro atoms. The van der Waals surface area contributed by atoms with Crippen LogP contribution in [0.25, 0.3) is 166 Å². The molecule has 4 aromatic heterocycles. The van der Waals surface area contributed by atoms with Crippen molar-refractivity contribution < 1.29 is 49.2 Å². The smallest absolute Gasteiger partial charge is 0.136 e. The molecule has 0 amide bonds. The van der Waals surface area contributed by atoms with Crippen LogP contribution in [0.15, 0.2) is 333 Å². The van der Waals surface area contributed by atoms with Gasteiger partial charge in [-0.25, -0.2) is 0 Å². The fourth-order valence-electron chi connectivity index (χ4n) is 16.6. The molecule has 0 radical (unpaired) electrons. The van der Waals surface area contributed by atoms with E-state index >= 15 is 0 Å². The van der Waals surface area contributed by atoms with Crippen molar-refractivity contribution in [2.24, 2.45) is 0 Å². The molecule has 15 aromatic carbocycles. The Balaban J connectivity index is 0.000000174. The molecule has 0 atom stereocenters. The standard InChI is InChI=1S/C36H40O.C29H26O.C28H24O.C23H22O.4CH4/c1-34(2,3)25-20-24(21-26(22-25)35(4,5)6)28-18-19-30-32(33(28)36(7,8)9)31-27(16-13-17-29(31)37-30)23-14-11-10-12-15-23;1-19-10-8-13-21(18-19)23-16-17-25-27(28(23)29(2,3)4)26-22(14-9-15-24(26)30-25)20-11-6-5-7-12-20;1-28(2,3)27-22(20-13-8-5-9-14-20)17-18-24-26(27)25-21(15-10-16-23(25)29-24)19-11-6-4-7-12-19;1-15-8-5-9-16(14-15)17-10-6-12-19-21(17)22-18(23(2,3)4)11-7-13-20(22)24-19;;;;/h10-22H,1-9H3;5-18H,1-4H3;4-18H,1-3H3;5-14H,1-4H3;4*1H4/i10D,11D,12D,14D,15D;5D,6D,7D,8D,10D,11D,12D,13D,18D;4D,6D,7D,11D,12D;5D,8D,9D,14D;;;;. The largest absolute Gasteiger partial charge is 0.456 e. The summed E-state index contributed by atoms with van der Waals surface area (Å²) in [5.41, 5.74) is 19.4. The van der Waals surface area contributed by atoms with Gasteiger partial charge in [-0.15, -0.1) is 0 Å². The van der Waals surface area contributed by atoms with Gasteiger partial charge in [0.15, 0.2) is 0 Å². The monoisotopic (exact) mass is 1660 g/mol. The fourth-order valence-corrected chi connectivity index (χ4v) is 16.6. The number of furan rings is 4. The highest BCUT2D eigenvalue weighted by Gasteiger charge is 2.32. The first kappa shape index (κ1) is 64.3. The van der Waals surface area contributed by atoms with Crippen LogP contribution in [0, 0.1) is 13.8 Å². The second-order valence-corrected chi connectivity index (χ2v) is 37.1. The Labute approximate surface area is 771 Å². The van der Waals surface area contributed by atoms with E-state index in [1.54, 1.807) is 50.2 Å². The summed E-state index contributed by atoms with van der Waals surface area (Å²) in [6, 6.07) is 50.8. The number of hydrogen-bond donors (Lipinski definition) is 0. The van der Waals surface area contributed by atoms with E-state index in [1.807, 2.05) is 112 Å². The summed E-state index contributed by atoms with van der Waals surface area (Å²) in [5, 5.41) is 6.41. The molecule has 19 aromatic rings. The van der Waals surface area contributed by atoms with Gasteiger partial charge >= 0.3 is 0 Å². The summed E-state index contributed by atoms with van der Waals surface area (Å²) >= 11 is 0. The summed E-state index contributed by atoms with van der Waals surface area (Å²) in [6.45, 7) is 42.1. The van der Waals surface area contributed by atoms with Crippen LogP contribution in [0.3, 0.4) is 0 Å². The van der Waals surface area contributed by atoms with Crippen LogP contribution in [0.1, 0.15) is 230 Å². The van der Waals surface area contributed by atoms with Gasteiger partial charge in [0.25, 0.3) is 0 Å². The van der Waals surface area contributed by atoms with Gasteiger partial charge in [-0.2, -0.15) is 0 Å². The Morgan fingerprint density at radius 1 is 0.210 bits per heavy atom. The molecule has 0 aliphatic rings. The molecule has 0 saturated heterocycles. The number of rotatable bonds is 7. The number of hydrogen-bond acceptors (Lipinski definition) is 4. The van der Waals surface area contributed by atoms with E-state index in [0.29, 0.717) is 94.4 Å². The van der Waals surface area contributed by atoms with Gasteiger partial charge in [0, 0.05) is 43.1 Å². The van der Waals surface area contributed by atoms with Gasteiger partial charge in [-0.05, 0) is 206 Å². The highest BCUT2D eigenvalue weighted by atomic mass is 16.3. The van der Waals surface area contributed by atoms with Crippen LogP contribution >= 0.6 is 0 Å². The van der Waals surface area contributed by atoms with Crippen molar-refractivity contribution in [1.82, 2.24) is 0 Å². The zero-order chi connectivity index (χ0) is 105. The lowest BCUT2D eigenvalue weighted by Gasteiger charge is -2.29. The third-order valence-electron chi connectivity index (χ3n) is 22.0. The SMILES string of the molecule is C.C.C.C.[2H]c1c([2H])c(C)c([2H])c(-c2cccc3oc4cccc(C(C)(C)C)c4c23)c1[2H].[2H]c1c([2H])c([2H])c(-c2cccc3oc4ccc(-c5c([2H])c([2H])c([2H])c(C)c5[2H])c(C(C)(C)C)c4c23)c([2H])c1[2H].[2H]c1c([2H])c([2H])c(-c2cccc3oc4ccc(-c5cc(C(C)(C)C)cc(C(C)(C)C)c5)c(C(C)(C)C)c4c23)c([2H])c1[2H].[2H]c1c([2H])c([2H])c(-c2cccc3oc4ccc(-c5ccccc5)c(C(C)(C)C)c4c23)c([2H])c1[2H]. The van der Waals surface area contributed by atoms with Gasteiger partial charge in [0.05, 0.1) is 31.5 Å². The van der Waals surface area contributed by atoms with Crippen molar-refractivity contribution in [3.05, 3.63) is 359 Å². The zero-order valence-corrected chi connectivity index (χ0v) is 71.9. The van der Waals surface area contributed by atoms with Crippen molar-refractivity contribution in [2.45, 2.75) is 201 Å². The third kappa shape index (κ3) is 17.9.